The predicted molar refractivity (Wildman–Crippen MR) is 57.9 cm³/mol. The number of aliphatic hydroxyl groups is 2. The minimum absolute atomic E-state index is 0.301. The molecule has 19 heavy (non-hydrogen) atoms. The molecule has 0 bridgehead atoms. The number of halogens is 2. The number of nitrogens with one attached hydrogen (secondary N) is 1. The van der Waals surface area contributed by atoms with Crippen LogP contribution in [-0.2, 0) is 4.74 Å². The van der Waals surface area contributed by atoms with Crippen LogP contribution in [0, 0.1) is 0 Å². The van der Waals surface area contributed by atoms with E-state index in [1.165, 1.54) is 12.3 Å². The maximum absolute atomic E-state index is 14.5. The number of aliphatic hydroxyl groups excluding tert-OH is 2. The fraction of sp³-hybridized carbons (Fsp3) is 0.545. The Morgan fingerprint density at radius 3 is 2.84 bits per heavy atom. The second kappa shape index (κ2) is 3.33. The zero-order valence-corrected chi connectivity index (χ0v) is 9.77. The Balaban J connectivity index is 1.97. The van der Waals surface area contributed by atoms with Crippen LogP contribution in [0.5, 0.6) is 0 Å². The molecule has 1 saturated carbocycles. The molecular formula is C11H12F2N2O4. The van der Waals surface area contributed by atoms with Crippen molar-refractivity contribution in [2.45, 2.75) is 29.8 Å². The summed E-state index contributed by atoms with van der Waals surface area (Å²) < 4.78 is 33.3. The minimum atomic E-state index is -2.92. The monoisotopic (exact) mass is 274 g/mol. The lowest BCUT2D eigenvalue weighted by Crippen LogP contribution is -2.50. The van der Waals surface area contributed by atoms with Crippen molar-refractivity contribution in [1.82, 2.24) is 10.2 Å². The van der Waals surface area contributed by atoms with E-state index in [0.29, 0.717) is 5.70 Å². The van der Waals surface area contributed by atoms with Crippen molar-refractivity contribution < 1.29 is 28.5 Å². The van der Waals surface area contributed by atoms with Gasteiger partial charge in [-0.15, -0.1) is 0 Å². The van der Waals surface area contributed by atoms with Gasteiger partial charge in [0.2, 0.25) is 0 Å². The standard InChI is InChI=1S/C11H12F2N2O4/c1-6-2-3-15(8(18)14-6)11-4-9(11,12)7(17)10(13,5-16)19-11/h2-3,7,16-17H,1,4-5H2,(H,14,18)/t7-,9+,10+,11+/m0/s1. The van der Waals surface area contributed by atoms with Gasteiger partial charge < -0.3 is 20.3 Å². The van der Waals surface area contributed by atoms with Gasteiger partial charge in [0.25, 0.3) is 5.85 Å². The van der Waals surface area contributed by atoms with Gasteiger partial charge in [-0.05, 0) is 6.08 Å². The number of hydrogen-bond donors (Lipinski definition) is 3. The van der Waals surface area contributed by atoms with Crippen LogP contribution < -0.4 is 5.32 Å². The summed E-state index contributed by atoms with van der Waals surface area (Å²) in [7, 11) is 0. The molecule has 0 aromatic rings. The fourth-order valence-corrected chi connectivity index (χ4v) is 2.62. The number of ether oxygens (including phenoxy) is 1. The molecule has 2 fully saturated rings. The molecule has 0 aromatic heterocycles. The molecular weight excluding hydrogens is 262 g/mol. The molecule has 3 aliphatic rings. The smallest absolute Gasteiger partial charge is 0.328 e. The van der Waals surface area contributed by atoms with Crippen LogP contribution in [-0.4, -0.2) is 51.1 Å². The average Bonchev–Trinajstić information content (AvgIpc) is 2.89. The van der Waals surface area contributed by atoms with Gasteiger partial charge in [0.05, 0.1) is 0 Å². The van der Waals surface area contributed by atoms with E-state index in [2.05, 4.69) is 11.9 Å². The first-order valence-electron chi connectivity index (χ1n) is 5.63. The van der Waals surface area contributed by atoms with Crippen molar-refractivity contribution in [2.75, 3.05) is 6.61 Å². The summed E-state index contributed by atoms with van der Waals surface area (Å²) in [5.74, 6) is -2.92. The molecule has 8 heteroatoms. The first-order valence-corrected chi connectivity index (χ1v) is 5.63. The zero-order chi connectivity index (χ0) is 14.1. The minimum Gasteiger partial charge on any atom is -0.390 e. The third-order valence-electron chi connectivity index (χ3n) is 3.72. The van der Waals surface area contributed by atoms with E-state index in [1.54, 1.807) is 0 Å². The third-order valence-corrected chi connectivity index (χ3v) is 3.72. The van der Waals surface area contributed by atoms with Crippen molar-refractivity contribution >= 4 is 6.03 Å². The quantitative estimate of drug-likeness (QED) is 0.656. The summed E-state index contributed by atoms with van der Waals surface area (Å²) >= 11 is 0. The van der Waals surface area contributed by atoms with E-state index in [9.17, 15) is 18.7 Å². The van der Waals surface area contributed by atoms with Gasteiger partial charge in [0.1, 0.15) is 6.61 Å². The first kappa shape index (κ1) is 12.5. The first-order chi connectivity index (χ1) is 8.79. The number of rotatable bonds is 2. The number of carbonyl (C=O) groups excluding carboxylic acids is 1. The molecule has 3 N–H and O–H groups in total. The van der Waals surface area contributed by atoms with Crippen molar-refractivity contribution in [3.05, 3.63) is 24.6 Å². The Kier molecular flexibility index (Phi) is 2.19. The van der Waals surface area contributed by atoms with Crippen LogP contribution in [0.25, 0.3) is 0 Å². The van der Waals surface area contributed by atoms with Crippen LogP contribution in [0.4, 0.5) is 13.6 Å². The van der Waals surface area contributed by atoms with Crippen LogP contribution in [0.15, 0.2) is 24.6 Å². The van der Waals surface area contributed by atoms with Gasteiger partial charge in [-0.2, -0.15) is 0 Å². The second-order valence-corrected chi connectivity index (χ2v) is 4.91. The van der Waals surface area contributed by atoms with Crippen LogP contribution in [0.3, 0.4) is 0 Å². The Bertz CT molecular complexity index is 513. The van der Waals surface area contributed by atoms with Crippen molar-refractivity contribution in [2.24, 2.45) is 0 Å². The summed E-state index contributed by atoms with van der Waals surface area (Å²) in [5.41, 5.74) is -4.06. The van der Waals surface area contributed by atoms with E-state index in [0.717, 1.165) is 4.90 Å². The Morgan fingerprint density at radius 2 is 2.32 bits per heavy atom. The highest BCUT2D eigenvalue weighted by Crippen LogP contribution is 2.67. The summed E-state index contributed by atoms with van der Waals surface area (Å²) in [4.78, 5) is 12.6. The van der Waals surface area contributed by atoms with Crippen LogP contribution >= 0.6 is 0 Å². The molecule has 1 saturated heterocycles. The SMILES string of the molecule is C=C1C=CN([C@@]23C[C@@]2(F)[C@H](O)[C@@](F)(CO)O3)C(=O)N1. The molecule has 104 valence electrons. The number of nitrogens with zero attached hydrogens (tertiary/aromatic N) is 1. The summed E-state index contributed by atoms with van der Waals surface area (Å²) in [6, 6.07) is -0.735. The lowest BCUT2D eigenvalue weighted by Gasteiger charge is -2.32. The largest absolute Gasteiger partial charge is 0.390 e. The van der Waals surface area contributed by atoms with Gasteiger partial charge in [-0.1, -0.05) is 6.58 Å². The molecule has 2 amide bonds. The van der Waals surface area contributed by atoms with Crippen LogP contribution in [0.1, 0.15) is 6.42 Å². The maximum Gasteiger partial charge on any atom is 0.328 e. The lowest BCUT2D eigenvalue weighted by atomic mass is 10.1. The normalized spacial score (nSPS) is 48.2. The Morgan fingerprint density at radius 1 is 1.63 bits per heavy atom. The van der Waals surface area contributed by atoms with Crippen molar-refractivity contribution in [1.29, 1.82) is 0 Å². The van der Waals surface area contributed by atoms with Gasteiger partial charge in [-0.25, -0.2) is 13.6 Å². The summed E-state index contributed by atoms with van der Waals surface area (Å²) in [5, 5.41) is 20.8. The highest BCUT2D eigenvalue weighted by atomic mass is 19.2. The summed E-state index contributed by atoms with van der Waals surface area (Å²) in [6.45, 7) is 2.29. The zero-order valence-electron chi connectivity index (χ0n) is 9.77. The summed E-state index contributed by atoms with van der Waals surface area (Å²) in [6.07, 6.45) is 0.0772. The second-order valence-electron chi connectivity index (χ2n) is 4.91. The molecule has 6 nitrogen and oxygen atoms in total. The highest BCUT2D eigenvalue weighted by molar-refractivity contribution is 5.81. The number of amides is 2. The topological polar surface area (TPSA) is 82.0 Å². The van der Waals surface area contributed by atoms with Crippen molar-refractivity contribution in [3.8, 4) is 0 Å². The lowest BCUT2D eigenvalue weighted by molar-refractivity contribution is -0.236. The highest BCUT2D eigenvalue weighted by Gasteiger charge is 2.88. The van der Waals surface area contributed by atoms with Gasteiger partial charge in [0.15, 0.2) is 17.5 Å². The third kappa shape index (κ3) is 1.31. The Labute approximate surface area is 106 Å². The Hall–Kier alpha value is -1.51. The number of alkyl halides is 2. The molecule has 0 aromatic carbocycles. The van der Waals surface area contributed by atoms with Crippen LogP contribution in [0.2, 0.25) is 0 Å². The molecule has 0 radical (unpaired) electrons. The molecule has 1 aliphatic carbocycles. The van der Waals surface area contributed by atoms with Gasteiger partial charge in [-0.3, -0.25) is 4.90 Å². The molecule has 2 heterocycles. The predicted octanol–water partition coefficient (Wildman–Crippen LogP) is -0.103. The number of allylic oxidation sites excluding steroid dienone is 1. The van der Waals surface area contributed by atoms with E-state index >= 15 is 0 Å². The van der Waals surface area contributed by atoms with E-state index in [1.807, 2.05) is 0 Å². The molecule has 2 aliphatic heterocycles. The van der Waals surface area contributed by atoms with E-state index in [-0.39, 0.29) is 6.42 Å². The fourth-order valence-electron chi connectivity index (χ4n) is 2.62. The maximum atomic E-state index is 14.5. The number of carbonyl (C=O) groups is 1. The molecule has 0 spiro atoms. The molecule has 0 unspecified atom stereocenters. The van der Waals surface area contributed by atoms with E-state index < -0.39 is 36.0 Å². The number of hydrogen-bond acceptors (Lipinski definition) is 4. The van der Waals surface area contributed by atoms with Crippen molar-refractivity contribution in [3.63, 3.8) is 0 Å². The number of fused-ring (bicyclic) bond motifs is 1. The average molecular weight is 274 g/mol. The van der Waals surface area contributed by atoms with E-state index in [4.69, 9.17) is 9.84 Å². The van der Waals surface area contributed by atoms with Gasteiger partial charge >= 0.3 is 6.03 Å². The van der Waals surface area contributed by atoms with Gasteiger partial charge in [0, 0.05) is 18.3 Å². The number of urea groups is 1. The molecule has 3 rings (SSSR count). The molecule has 4 atom stereocenters.